The Morgan fingerprint density at radius 3 is 2.32 bits per heavy atom. The minimum absolute atomic E-state index is 0.0690. The summed E-state index contributed by atoms with van der Waals surface area (Å²) in [5.41, 5.74) is 0.606. The molecule has 3 heteroatoms. The summed E-state index contributed by atoms with van der Waals surface area (Å²) in [5.74, 6) is 0.170. The second-order valence-corrected chi connectivity index (χ2v) is 6.65. The van der Waals surface area contributed by atoms with Gasteiger partial charge in [0.1, 0.15) is 0 Å². The summed E-state index contributed by atoms with van der Waals surface area (Å²) in [6.45, 7) is 11.0. The summed E-state index contributed by atoms with van der Waals surface area (Å²) in [7, 11) is 0. The molecule has 1 amide bonds. The molecule has 0 radical (unpaired) electrons. The highest BCUT2D eigenvalue weighted by Gasteiger charge is 2.44. The Balaban J connectivity index is 2.30. The first-order valence-electron chi connectivity index (χ1n) is 6.88. The quantitative estimate of drug-likeness (QED) is 0.886. The lowest BCUT2D eigenvalue weighted by Gasteiger charge is -2.49. The zero-order valence-electron chi connectivity index (χ0n) is 12.5. The molecule has 2 rings (SSSR count). The van der Waals surface area contributed by atoms with Gasteiger partial charge in [0.25, 0.3) is 0 Å². The van der Waals surface area contributed by atoms with Crippen molar-refractivity contribution in [2.75, 3.05) is 6.54 Å². The Morgan fingerprint density at radius 2 is 1.74 bits per heavy atom. The van der Waals surface area contributed by atoms with E-state index >= 15 is 0 Å². The molecule has 0 aromatic heterocycles. The van der Waals surface area contributed by atoms with Crippen molar-refractivity contribution in [1.29, 1.82) is 0 Å². The third-order valence-corrected chi connectivity index (χ3v) is 3.76. The van der Waals surface area contributed by atoms with E-state index in [1.54, 1.807) is 0 Å². The van der Waals surface area contributed by atoms with E-state index in [1.807, 2.05) is 36.9 Å². The van der Waals surface area contributed by atoms with Crippen molar-refractivity contribution in [1.82, 2.24) is 10.2 Å². The van der Waals surface area contributed by atoms with Crippen LogP contribution in [0.25, 0.3) is 0 Å². The maximum absolute atomic E-state index is 12.6. The van der Waals surface area contributed by atoms with Gasteiger partial charge >= 0.3 is 0 Å². The summed E-state index contributed by atoms with van der Waals surface area (Å²) in [4.78, 5) is 14.6. The summed E-state index contributed by atoms with van der Waals surface area (Å²) in [6.07, 6.45) is 0. The number of benzene rings is 1. The summed E-state index contributed by atoms with van der Waals surface area (Å²) < 4.78 is 0. The monoisotopic (exact) mass is 260 g/mol. The average Bonchev–Trinajstić information content (AvgIpc) is 2.33. The van der Waals surface area contributed by atoms with E-state index in [0.717, 1.165) is 6.54 Å². The zero-order valence-corrected chi connectivity index (χ0v) is 12.5. The fraction of sp³-hybridized carbons (Fsp3) is 0.562. The standard InChI is InChI=1S/C16H24N2O/c1-12(13-9-7-6-8-10-13)18-11-15(2,3)17-16(4,5)14(18)19/h6-10,12,17H,11H2,1-5H3. The van der Waals surface area contributed by atoms with E-state index in [-0.39, 0.29) is 17.5 Å². The Kier molecular flexibility index (Phi) is 3.43. The molecule has 1 aromatic carbocycles. The van der Waals surface area contributed by atoms with Crippen LogP contribution in [0.2, 0.25) is 0 Å². The number of amides is 1. The van der Waals surface area contributed by atoms with Crippen LogP contribution in [0.1, 0.15) is 46.2 Å². The van der Waals surface area contributed by atoms with Gasteiger partial charge in [0.15, 0.2) is 0 Å². The van der Waals surface area contributed by atoms with Crippen molar-refractivity contribution in [3.63, 3.8) is 0 Å². The molecule has 1 heterocycles. The smallest absolute Gasteiger partial charge is 0.242 e. The number of hydrogen-bond acceptors (Lipinski definition) is 2. The van der Waals surface area contributed by atoms with Crippen molar-refractivity contribution < 1.29 is 4.79 Å². The number of nitrogens with one attached hydrogen (secondary N) is 1. The van der Waals surface area contributed by atoms with Gasteiger partial charge in [-0.1, -0.05) is 30.3 Å². The van der Waals surface area contributed by atoms with Crippen molar-refractivity contribution in [2.45, 2.75) is 51.7 Å². The normalized spacial score (nSPS) is 23.2. The van der Waals surface area contributed by atoms with Crippen LogP contribution in [-0.4, -0.2) is 28.4 Å². The van der Waals surface area contributed by atoms with Crippen LogP contribution in [0, 0.1) is 0 Å². The van der Waals surface area contributed by atoms with Crippen molar-refractivity contribution in [2.24, 2.45) is 0 Å². The highest BCUT2D eigenvalue weighted by atomic mass is 16.2. The van der Waals surface area contributed by atoms with Crippen LogP contribution in [0.5, 0.6) is 0 Å². The predicted molar refractivity (Wildman–Crippen MR) is 77.9 cm³/mol. The molecule has 1 unspecified atom stereocenters. The number of piperazine rings is 1. The minimum Gasteiger partial charge on any atom is -0.333 e. The molecule has 1 saturated heterocycles. The van der Waals surface area contributed by atoms with Crippen molar-refractivity contribution in [3.8, 4) is 0 Å². The maximum atomic E-state index is 12.6. The number of rotatable bonds is 2. The van der Waals surface area contributed by atoms with Gasteiger partial charge < -0.3 is 4.90 Å². The summed E-state index contributed by atoms with van der Waals surface area (Å²) in [6, 6.07) is 10.3. The Morgan fingerprint density at radius 1 is 1.16 bits per heavy atom. The second kappa shape index (κ2) is 4.64. The Labute approximate surface area is 116 Å². The minimum atomic E-state index is -0.509. The van der Waals surface area contributed by atoms with Gasteiger partial charge in [-0.3, -0.25) is 10.1 Å². The van der Waals surface area contributed by atoms with Crippen LogP contribution in [-0.2, 0) is 4.79 Å². The highest BCUT2D eigenvalue weighted by molar-refractivity contribution is 5.87. The first-order valence-corrected chi connectivity index (χ1v) is 6.88. The van der Waals surface area contributed by atoms with E-state index in [4.69, 9.17) is 0 Å². The Bertz CT molecular complexity index is 465. The van der Waals surface area contributed by atoms with Gasteiger partial charge in [0.05, 0.1) is 11.6 Å². The first-order chi connectivity index (χ1) is 8.73. The molecule has 0 saturated carbocycles. The van der Waals surface area contributed by atoms with Gasteiger partial charge in [-0.15, -0.1) is 0 Å². The molecular formula is C16H24N2O. The largest absolute Gasteiger partial charge is 0.333 e. The fourth-order valence-electron chi connectivity index (χ4n) is 3.02. The highest BCUT2D eigenvalue weighted by Crippen LogP contribution is 2.29. The molecule has 1 aromatic rings. The predicted octanol–water partition coefficient (Wildman–Crippen LogP) is 2.74. The third kappa shape index (κ3) is 2.81. The molecule has 104 valence electrons. The van der Waals surface area contributed by atoms with Crippen LogP contribution >= 0.6 is 0 Å². The van der Waals surface area contributed by atoms with Crippen LogP contribution in [0.4, 0.5) is 0 Å². The molecular weight excluding hydrogens is 236 g/mol. The summed E-state index contributed by atoms with van der Waals surface area (Å²) >= 11 is 0. The molecule has 0 aliphatic carbocycles. The third-order valence-electron chi connectivity index (χ3n) is 3.76. The SMILES string of the molecule is CC(c1ccccc1)N1CC(C)(C)NC(C)(C)C1=O. The molecule has 1 aliphatic heterocycles. The van der Waals surface area contributed by atoms with E-state index in [9.17, 15) is 4.79 Å². The van der Waals surface area contributed by atoms with Gasteiger partial charge in [-0.2, -0.15) is 0 Å². The summed E-state index contributed by atoms with van der Waals surface area (Å²) in [5, 5.41) is 3.43. The molecule has 19 heavy (non-hydrogen) atoms. The lowest BCUT2D eigenvalue weighted by Crippen LogP contribution is -2.69. The molecule has 3 nitrogen and oxygen atoms in total. The van der Waals surface area contributed by atoms with Gasteiger partial charge in [-0.05, 0) is 40.2 Å². The number of hydrogen-bond donors (Lipinski definition) is 1. The lowest BCUT2D eigenvalue weighted by molar-refractivity contribution is -0.146. The van der Waals surface area contributed by atoms with Gasteiger partial charge in [-0.25, -0.2) is 0 Å². The van der Waals surface area contributed by atoms with E-state index in [0.29, 0.717) is 0 Å². The van der Waals surface area contributed by atoms with Gasteiger partial charge in [0.2, 0.25) is 5.91 Å². The molecule has 1 N–H and O–H groups in total. The number of carbonyl (C=O) groups excluding carboxylic acids is 1. The van der Waals surface area contributed by atoms with Crippen LogP contribution in [0.3, 0.4) is 0 Å². The molecule has 1 fully saturated rings. The van der Waals surface area contributed by atoms with Crippen molar-refractivity contribution >= 4 is 5.91 Å². The number of nitrogens with zero attached hydrogens (tertiary/aromatic N) is 1. The maximum Gasteiger partial charge on any atom is 0.242 e. The molecule has 1 atom stereocenters. The first kappa shape index (κ1) is 14.1. The fourth-order valence-corrected chi connectivity index (χ4v) is 3.02. The lowest BCUT2D eigenvalue weighted by atomic mass is 9.89. The zero-order chi connectivity index (χ0) is 14.3. The van der Waals surface area contributed by atoms with E-state index in [1.165, 1.54) is 5.56 Å². The van der Waals surface area contributed by atoms with Crippen LogP contribution in [0.15, 0.2) is 30.3 Å². The molecule has 1 aliphatic rings. The average molecular weight is 260 g/mol. The topological polar surface area (TPSA) is 32.3 Å². The van der Waals surface area contributed by atoms with Gasteiger partial charge in [0, 0.05) is 12.1 Å². The van der Waals surface area contributed by atoms with Crippen LogP contribution < -0.4 is 5.32 Å². The molecule has 0 spiro atoms. The second-order valence-electron chi connectivity index (χ2n) is 6.65. The van der Waals surface area contributed by atoms with Crippen molar-refractivity contribution in [3.05, 3.63) is 35.9 Å². The van der Waals surface area contributed by atoms with E-state index in [2.05, 4.69) is 38.2 Å². The van der Waals surface area contributed by atoms with E-state index < -0.39 is 5.54 Å². The Hall–Kier alpha value is -1.35. The number of carbonyl (C=O) groups is 1. The molecule has 0 bridgehead atoms.